The zero-order valence-electron chi connectivity index (χ0n) is 14.4. The van der Waals surface area contributed by atoms with Crippen LogP contribution in [0.25, 0.3) is 0 Å². The molecule has 0 atom stereocenters. The van der Waals surface area contributed by atoms with Gasteiger partial charge in [-0.3, -0.25) is 9.52 Å². The first-order chi connectivity index (χ1) is 12.8. The van der Waals surface area contributed by atoms with Gasteiger partial charge in [-0.15, -0.1) is 0 Å². The van der Waals surface area contributed by atoms with Gasteiger partial charge in [0, 0.05) is 10.5 Å². The van der Waals surface area contributed by atoms with Crippen LogP contribution in [0.1, 0.15) is 33.6 Å². The Morgan fingerprint density at radius 3 is 2.48 bits per heavy atom. The summed E-state index contributed by atoms with van der Waals surface area (Å²) in [5.74, 6) is -1.13. The molecule has 1 fully saturated rings. The summed E-state index contributed by atoms with van der Waals surface area (Å²) in [5.41, 5.74) is 0.235. The van der Waals surface area contributed by atoms with Crippen molar-refractivity contribution in [2.45, 2.75) is 23.8 Å². The lowest BCUT2D eigenvalue weighted by Gasteiger charge is -2.14. The maximum atomic E-state index is 12.9. The minimum atomic E-state index is -4.14. The number of ether oxygens (including phenoxy) is 1. The van der Waals surface area contributed by atoms with Crippen molar-refractivity contribution in [2.75, 3.05) is 11.8 Å². The summed E-state index contributed by atoms with van der Waals surface area (Å²) in [6, 6.07) is 10.6. The summed E-state index contributed by atoms with van der Waals surface area (Å²) in [6.07, 6.45) is 1.84. The van der Waals surface area contributed by atoms with E-state index in [1.165, 1.54) is 31.4 Å². The van der Waals surface area contributed by atoms with Crippen LogP contribution in [-0.4, -0.2) is 33.4 Å². The van der Waals surface area contributed by atoms with E-state index in [9.17, 15) is 18.0 Å². The third kappa shape index (κ3) is 4.48. The fourth-order valence-electron chi connectivity index (χ4n) is 2.47. The zero-order chi connectivity index (χ0) is 19.6. The number of hydrogen-bond donors (Lipinski definition) is 2. The largest absolute Gasteiger partial charge is 0.465 e. The number of carbonyl (C=O) groups is 2. The SMILES string of the molecule is COC(=O)c1cc(Br)ccc1S(=O)(=O)Nc1ccccc1C(=O)NC1CC1. The monoisotopic (exact) mass is 452 g/mol. The van der Waals surface area contributed by atoms with Gasteiger partial charge in [-0.05, 0) is 43.2 Å². The molecular formula is C18H17BrN2O5S. The normalized spacial score (nSPS) is 13.7. The molecule has 0 aromatic heterocycles. The molecule has 0 spiro atoms. The van der Waals surface area contributed by atoms with Gasteiger partial charge in [-0.1, -0.05) is 28.1 Å². The van der Waals surface area contributed by atoms with Crippen molar-refractivity contribution in [3.05, 3.63) is 58.1 Å². The van der Waals surface area contributed by atoms with Crippen molar-refractivity contribution in [2.24, 2.45) is 0 Å². The molecule has 1 saturated carbocycles. The predicted octanol–water partition coefficient (Wildman–Crippen LogP) is 2.93. The van der Waals surface area contributed by atoms with E-state index in [0.29, 0.717) is 4.47 Å². The zero-order valence-corrected chi connectivity index (χ0v) is 16.8. The highest BCUT2D eigenvalue weighted by atomic mass is 79.9. The number of halogens is 1. The Hall–Kier alpha value is -2.39. The number of para-hydroxylation sites is 1. The second kappa shape index (κ2) is 7.69. The van der Waals surface area contributed by atoms with Crippen LogP contribution >= 0.6 is 15.9 Å². The van der Waals surface area contributed by atoms with Crippen LogP contribution in [0.15, 0.2) is 51.8 Å². The van der Waals surface area contributed by atoms with Crippen LogP contribution < -0.4 is 10.0 Å². The summed E-state index contributed by atoms with van der Waals surface area (Å²) < 4.78 is 33.4. The number of methoxy groups -OCH3 is 1. The van der Waals surface area contributed by atoms with Crippen molar-refractivity contribution in [3.8, 4) is 0 Å². The van der Waals surface area contributed by atoms with Crippen LogP contribution in [0.3, 0.4) is 0 Å². The van der Waals surface area contributed by atoms with Gasteiger partial charge in [0.25, 0.3) is 15.9 Å². The lowest BCUT2D eigenvalue weighted by Crippen LogP contribution is -2.27. The molecule has 2 aromatic rings. The molecule has 0 unspecified atom stereocenters. The maximum Gasteiger partial charge on any atom is 0.339 e. The summed E-state index contributed by atoms with van der Waals surface area (Å²) in [5, 5.41) is 2.83. The van der Waals surface area contributed by atoms with Gasteiger partial charge in [0.2, 0.25) is 0 Å². The number of benzene rings is 2. The van der Waals surface area contributed by atoms with E-state index in [2.05, 4.69) is 30.7 Å². The summed E-state index contributed by atoms with van der Waals surface area (Å²) in [4.78, 5) is 24.1. The molecular weight excluding hydrogens is 436 g/mol. The number of hydrogen-bond acceptors (Lipinski definition) is 5. The third-order valence-electron chi connectivity index (χ3n) is 3.97. The van der Waals surface area contributed by atoms with Crippen LogP contribution in [0, 0.1) is 0 Å². The van der Waals surface area contributed by atoms with Crippen molar-refractivity contribution >= 4 is 43.5 Å². The Morgan fingerprint density at radius 2 is 1.81 bits per heavy atom. The maximum absolute atomic E-state index is 12.9. The van der Waals surface area contributed by atoms with E-state index in [1.54, 1.807) is 18.2 Å². The third-order valence-corrected chi connectivity index (χ3v) is 5.88. The van der Waals surface area contributed by atoms with Gasteiger partial charge in [-0.2, -0.15) is 0 Å². The molecule has 0 aliphatic heterocycles. The fourth-order valence-corrected chi connectivity index (χ4v) is 4.08. The highest BCUT2D eigenvalue weighted by molar-refractivity contribution is 9.10. The molecule has 0 heterocycles. The van der Waals surface area contributed by atoms with Crippen molar-refractivity contribution in [1.29, 1.82) is 0 Å². The van der Waals surface area contributed by atoms with E-state index in [4.69, 9.17) is 0 Å². The second-order valence-corrected chi connectivity index (χ2v) is 8.60. The number of nitrogens with one attached hydrogen (secondary N) is 2. The summed E-state index contributed by atoms with van der Waals surface area (Å²) in [7, 11) is -2.97. The molecule has 0 saturated heterocycles. The Balaban J connectivity index is 1.96. The molecule has 7 nitrogen and oxygen atoms in total. The first-order valence-electron chi connectivity index (χ1n) is 8.12. The smallest absolute Gasteiger partial charge is 0.339 e. The molecule has 142 valence electrons. The molecule has 2 aromatic carbocycles. The highest BCUT2D eigenvalue weighted by Gasteiger charge is 2.27. The van der Waals surface area contributed by atoms with Gasteiger partial charge >= 0.3 is 5.97 Å². The van der Waals surface area contributed by atoms with E-state index < -0.39 is 16.0 Å². The Labute approximate surface area is 165 Å². The fraction of sp³-hybridized carbons (Fsp3) is 0.222. The van der Waals surface area contributed by atoms with Crippen LogP contribution in [0.4, 0.5) is 5.69 Å². The first-order valence-corrected chi connectivity index (χ1v) is 10.4. The minimum absolute atomic E-state index is 0.112. The number of carbonyl (C=O) groups excluding carboxylic acids is 2. The molecule has 2 N–H and O–H groups in total. The lowest BCUT2D eigenvalue weighted by atomic mass is 10.1. The van der Waals surface area contributed by atoms with E-state index in [0.717, 1.165) is 12.8 Å². The predicted molar refractivity (Wildman–Crippen MR) is 103 cm³/mol. The molecule has 3 rings (SSSR count). The minimum Gasteiger partial charge on any atom is -0.465 e. The first kappa shape index (κ1) is 19.4. The van der Waals surface area contributed by atoms with Crippen LogP contribution in [0.2, 0.25) is 0 Å². The molecule has 1 aliphatic rings. The highest BCUT2D eigenvalue weighted by Crippen LogP contribution is 2.26. The van der Waals surface area contributed by atoms with Gasteiger partial charge in [-0.25, -0.2) is 13.2 Å². The van der Waals surface area contributed by atoms with Crippen LogP contribution in [0.5, 0.6) is 0 Å². The van der Waals surface area contributed by atoms with Crippen LogP contribution in [-0.2, 0) is 14.8 Å². The average molecular weight is 453 g/mol. The van der Waals surface area contributed by atoms with Crippen molar-refractivity contribution in [3.63, 3.8) is 0 Å². The molecule has 27 heavy (non-hydrogen) atoms. The molecule has 0 radical (unpaired) electrons. The molecule has 0 bridgehead atoms. The number of amides is 1. The van der Waals surface area contributed by atoms with Gasteiger partial charge in [0.05, 0.1) is 23.9 Å². The molecule has 1 amide bonds. The number of anilines is 1. The van der Waals surface area contributed by atoms with Crippen molar-refractivity contribution < 1.29 is 22.7 Å². The Kier molecular flexibility index (Phi) is 5.52. The van der Waals surface area contributed by atoms with Crippen molar-refractivity contribution in [1.82, 2.24) is 5.32 Å². The lowest BCUT2D eigenvalue weighted by molar-refractivity contribution is 0.0596. The standard InChI is InChI=1S/C18H17BrN2O5S/c1-26-18(23)14-10-11(19)6-9-16(14)27(24,25)21-15-5-3-2-4-13(15)17(22)20-12-7-8-12/h2-6,9-10,12,21H,7-8H2,1H3,(H,20,22). The summed E-state index contributed by atoms with van der Waals surface area (Å²) >= 11 is 3.21. The summed E-state index contributed by atoms with van der Waals surface area (Å²) in [6.45, 7) is 0. The number of rotatable bonds is 6. The Bertz CT molecular complexity index is 1000. The molecule has 1 aliphatic carbocycles. The van der Waals surface area contributed by atoms with E-state index in [1.807, 2.05) is 0 Å². The van der Waals surface area contributed by atoms with Gasteiger partial charge in [0.1, 0.15) is 4.90 Å². The Morgan fingerprint density at radius 1 is 1.11 bits per heavy atom. The number of sulfonamides is 1. The van der Waals surface area contributed by atoms with E-state index >= 15 is 0 Å². The molecule has 9 heteroatoms. The van der Waals surface area contributed by atoms with Gasteiger partial charge < -0.3 is 10.1 Å². The quantitative estimate of drug-likeness (QED) is 0.655. The average Bonchev–Trinajstić information content (AvgIpc) is 3.44. The van der Waals surface area contributed by atoms with E-state index in [-0.39, 0.29) is 33.7 Å². The number of esters is 1. The topological polar surface area (TPSA) is 102 Å². The van der Waals surface area contributed by atoms with Gasteiger partial charge in [0.15, 0.2) is 0 Å². The second-order valence-electron chi connectivity index (χ2n) is 6.03.